The number of alkyl carbamates (subject to hydrolysis) is 1. The molecule has 0 bridgehead atoms. The second-order valence-corrected chi connectivity index (χ2v) is 10.6. The normalized spacial score (nSPS) is 16.6. The van der Waals surface area contributed by atoms with Gasteiger partial charge in [-0.05, 0) is 65.2 Å². The van der Waals surface area contributed by atoms with Crippen molar-refractivity contribution in [3.63, 3.8) is 0 Å². The number of hydrogen-bond donors (Lipinski definition) is 3. The largest absolute Gasteiger partial charge is 0.444 e. The van der Waals surface area contributed by atoms with Crippen LogP contribution in [-0.2, 0) is 10.3 Å². The molecule has 1 fully saturated rings. The molecule has 1 aromatic carbocycles. The van der Waals surface area contributed by atoms with Gasteiger partial charge >= 0.3 is 6.09 Å². The zero-order chi connectivity index (χ0) is 26.1. The van der Waals surface area contributed by atoms with Crippen LogP contribution in [0, 0.1) is 0 Å². The lowest BCUT2D eigenvalue weighted by Gasteiger charge is -2.35. The molecule has 0 saturated carbocycles. The first-order chi connectivity index (χ1) is 16.9. The molecule has 36 heavy (non-hydrogen) atoms. The molecule has 3 heterocycles. The topological polar surface area (TPSA) is 121 Å². The summed E-state index contributed by atoms with van der Waals surface area (Å²) in [6.07, 6.45) is 2.94. The van der Waals surface area contributed by atoms with Crippen LogP contribution in [0.1, 0.15) is 63.4 Å². The summed E-state index contributed by atoms with van der Waals surface area (Å²) in [5.74, 6) is 0.868. The second kappa shape index (κ2) is 9.77. The summed E-state index contributed by atoms with van der Waals surface area (Å²) in [5.41, 5.74) is 0.233. The van der Waals surface area contributed by atoms with Crippen LogP contribution in [-0.4, -0.2) is 56.4 Å². The summed E-state index contributed by atoms with van der Waals surface area (Å²) in [4.78, 5) is 31.9. The number of carbonyl (C=O) groups is 2. The number of ether oxygens (including phenoxy) is 1. The Bertz CT molecular complexity index is 1240. The van der Waals surface area contributed by atoms with Gasteiger partial charge in [0.2, 0.25) is 0 Å². The average molecular weight is 495 g/mol. The molecule has 192 valence electrons. The lowest BCUT2D eigenvalue weighted by molar-refractivity contribution is 0.0499. The van der Waals surface area contributed by atoms with Gasteiger partial charge in [0.1, 0.15) is 17.2 Å². The third-order valence-electron chi connectivity index (χ3n) is 5.90. The van der Waals surface area contributed by atoms with Crippen molar-refractivity contribution in [3.8, 4) is 0 Å². The summed E-state index contributed by atoms with van der Waals surface area (Å²) >= 11 is 0. The van der Waals surface area contributed by atoms with Crippen molar-refractivity contribution >= 4 is 29.3 Å². The fourth-order valence-corrected chi connectivity index (χ4v) is 4.18. The fraction of sp³-hybridized carbons (Fsp3) is 0.462. The minimum atomic E-state index is -0.983. The Morgan fingerprint density at radius 1 is 1.11 bits per heavy atom. The highest BCUT2D eigenvalue weighted by atomic mass is 16.6. The predicted molar refractivity (Wildman–Crippen MR) is 137 cm³/mol. The first-order valence-electron chi connectivity index (χ1n) is 12.1. The molecule has 10 heteroatoms. The predicted octanol–water partition coefficient (Wildman–Crippen LogP) is 3.70. The number of aromatic nitrogens is 3. The molecule has 0 aliphatic carbocycles. The molecular formula is C26H34N6O4. The third kappa shape index (κ3) is 6.12. The van der Waals surface area contributed by atoms with Gasteiger partial charge in [-0.2, -0.15) is 9.61 Å². The molecule has 1 unspecified atom stereocenters. The van der Waals surface area contributed by atoms with E-state index in [2.05, 4.69) is 25.6 Å². The summed E-state index contributed by atoms with van der Waals surface area (Å²) in [5, 5.41) is 20.4. The lowest BCUT2D eigenvalue weighted by atomic mass is 9.97. The van der Waals surface area contributed by atoms with Gasteiger partial charge in [-0.1, -0.05) is 12.1 Å². The van der Waals surface area contributed by atoms with Gasteiger partial charge in [0, 0.05) is 36.8 Å². The van der Waals surface area contributed by atoms with Crippen LogP contribution in [0.3, 0.4) is 0 Å². The van der Waals surface area contributed by atoms with E-state index in [1.165, 1.54) is 0 Å². The minimum Gasteiger partial charge on any atom is -0.444 e. The van der Waals surface area contributed by atoms with Crippen molar-refractivity contribution in [1.82, 2.24) is 19.9 Å². The number of benzene rings is 1. The Balaban J connectivity index is 1.52. The van der Waals surface area contributed by atoms with E-state index in [0.29, 0.717) is 23.6 Å². The number of carbonyl (C=O) groups excluding carboxylic acids is 2. The Labute approximate surface area is 210 Å². The number of nitrogens with one attached hydrogen (secondary N) is 2. The van der Waals surface area contributed by atoms with E-state index in [0.717, 1.165) is 30.8 Å². The third-order valence-corrected chi connectivity index (χ3v) is 5.90. The van der Waals surface area contributed by atoms with Gasteiger partial charge in [-0.15, -0.1) is 0 Å². The first kappa shape index (κ1) is 25.4. The highest BCUT2D eigenvalue weighted by molar-refractivity contribution is 6.04. The average Bonchev–Trinajstić information content (AvgIpc) is 3.25. The van der Waals surface area contributed by atoms with Crippen molar-refractivity contribution < 1.29 is 19.4 Å². The molecule has 1 atom stereocenters. The smallest absolute Gasteiger partial charge is 0.407 e. The van der Waals surface area contributed by atoms with Crippen LogP contribution in [0.5, 0.6) is 0 Å². The zero-order valence-electron chi connectivity index (χ0n) is 21.4. The molecule has 4 rings (SSSR count). The van der Waals surface area contributed by atoms with Crippen LogP contribution in [0.4, 0.5) is 16.4 Å². The molecule has 3 N–H and O–H groups in total. The monoisotopic (exact) mass is 494 g/mol. The van der Waals surface area contributed by atoms with Crippen molar-refractivity contribution in [1.29, 1.82) is 0 Å². The number of hydrogen-bond acceptors (Lipinski definition) is 7. The standard InChI is InChI=1S/C26H34N6O4/c1-25(2,3)36-24(34)28-19-7-6-14-31(16-19)22-15-20(29-21-12-13-27-32(21)22)30-23(33)17-8-10-18(11-9-17)26(4,5)35/h8-13,15,19,35H,6-7,14,16H2,1-5H3,(H,28,34)(H,29,30,33). The number of amides is 2. The van der Waals surface area contributed by atoms with Gasteiger partial charge in [0.15, 0.2) is 5.65 Å². The van der Waals surface area contributed by atoms with Crippen LogP contribution in [0.2, 0.25) is 0 Å². The molecule has 10 nitrogen and oxygen atoms in total. The van der Waals surface area contributed by atoms with E-state index in [1.807, 2.05) is 20.8 Å². The van der Waals surface area contributed by atoms with Crippen molar-refractivity contribution in [2.24, 2.45) is 0 Å². The number of anilines is 2. The van der Waals surface area contributed by atoms with Crippen LogP contribution < -0.4 is 15.5 Å². The maximum Gasteiger partial charge on any atom is 0.407 e. The Kier molecular flexibility index (Phi) is 6.90. The van der Waals surface area contributed by atoms with Crippen LogP contribution in [0.15, 0.2) is 42.6 Å². The van der Waals surface area contributed by atoms with Gasteiger partial charge in [0.05, 0.1) is 11.8 Å². The second-order valence-electron chi connectivity index (χ2n) is 10.6. The number of piperidine rings is 1. The zero-order valence-corrected chi connectivity index (χ0v) is 21.4. The minimum absolute atomic E-state index is 0.0836. The van der Waals surface area contributed by atoms with Crippen molar-refractivity contribution in [2.75, 3.05) is 23.3 Å². The molecule has 1 saturated heterocycles. The summed E-state index contributed by atoms with van der Waals surface area (Å²) in [7, 11) is 0. The molecule has 3 aromatic rings. The quantitative estimate of drug-likeness (QED) is 0.494. The van der Waals surface area contributed by atoms with Gasteiger partial charge < -0.3 is 25.4 Å². The molecule has 0 radical (unpaired) electrons. The van der Waals surface area contributed by atoms with E-state index >= 15 is 0 Å². The molecule has 2 aromatic heterocycles. The molecule has 0 spiro atoms. The van der Waals surface area contributed by atoms with Crippen LogP contribution >= 0.6 is 0 Å². The SMILES string of the molecule is CC(C)(C)OC(=O)NC1CCCN(c2cc(NC(=O)c3ccc(C(C)(C)O)cc3)nc3ccnn23)C1. The summed E-state index contributed by atoms with van der Waals surface area (Å²) in [6.45, 7) is 10.3. The first-order valence-corrected chi connectivity index (χ1v) is 12.1. The van der Waals surface area contributed by atoms with Crippen molar-refractivity contribution in [3.05, 3.63) is 53.7 Å². The number of aliphatic hydroxyl groups is 1. The van der Waals surface area contributed by atoms with E-state index in [1.54, 1.807) is 61.0 Å². The maximum atomic E-state index is 12.9. The summed E-state index contributed by atoms with van der Waals surface area (Å²) < 4.78 is 7.14. The van der Waals surface area contributed by atoms with E-state index in [-0.39, 0.29) is 11.9 Å². The van der Waals surface area contributed by atoms with Gasteiger partial charge in [0.25, 0.3) is 5.91 Å². The van der Waals surface area contributed by atoms with E-state index < -0.39 is 17.3 Å². The van der Waals surface area contributed by atoms with Gasteiger partial charge in [-0.25, -0.2) is 9.78 Å². The fourth-order valence-electron chi connectivity index (χ4n) is 4.18. The van der Waals surface area contributed by atoms with Crippen LogP contribution in [0.25, 0.3) is 5.65 Å². The molecular weight excluding hydrogens is 460 g/mol. The highest BCUT2D eigenvalue weighted by Crippen LogP contribution is 2.25. The van der Waals surface area contributed by atoms with Crippen molar-refractivity contribution in [2.45, 2.75) is 64.7 Å². The van der Waals surface area contributed by atoms with E-state index in [4.69, 9.17) is 4.74 Å². The molecule has 1 aliphatic rings. The Morgan fingerprint density at radius 3 is 2.50 bits per heavy atom. The maximum absolute atomic E-state index is 12.9. The number of fused-ring (bicyclic) bond motifs is 1. The number of nitrogens with zero attached hydrogens (tertiary/aromatic N) is 4. The van der Waals surface area contributed by atoms with E-state index in [9.17, 15) is 14.7 Å². The molecule has 1 aliphatic heterocycles. The lowest BCUT2D eigenvalue weighted by Crippen LogP contribution is -2.49. The summed E-state index contributed by atoms with van der Waals surface area (Å²) in [6, 6.07) is 10.3. The Morgan fingerprint density at radius 2 is 1.83 bits per heavy atom. The number of rotatable bonds is 5. The highest BCUT2D eigenvalue weighted by Gasteiger charge is 2.26. The molecule has 2 amide bonds. The Hall–Kier alpha value is -3.66. The van der Waals surface area contributed by atoms with Gasteiger partial charge in [-0.3, -0.25) is 4.79 Å².